The summed E-state index contributed by atoms with van der Waals surface area (Å²) >= 11 is 0. The molecular formula is C3BaCdMgO9. The summed E-state index contributed by atoms with van der Waals surface area (Å²) in [5.74, 6) is 0. The Kier molecular flexibility index (Phi) is 70.6. The SMILES string of the molecule is O=C([O-])[O-].O=C([O-])[O-].O=C([O-])[O-].[Ba+2].[Cd+2].[Mg+2]. The number of hydrogen-bond donors (Lipinski definition) is 0. The van der Waals surface area contributed by atoms with E-state index in [1.807, 2.05) is 0 Å². The van der Waals surface area contributed by atoms with Crippen LogP contribution in [0.25, 0.3) is 0 Å². The van der Waals surface area contributed by atoms with Gasteiger partial charge in [-0.2, -0.15) is 0 Å². The van der Waals surface area contributed by atoms with Crippen LogP contribution in [0.5, 0.6) is 0 Å². The third-order valence-electron chi connectivity index (χ3n) is 0. The van der Waals surface area contributed by atoms with Crippen molar-refractivity contribution in [2.45, 2.75) is 0 Å². The van der Waals surface area contributed by atoms with E-state index < -0.39 is 18.5 Å². The molecule has 0 unspecified atom stereocenters. The van der Waals surface area contributed by atoms with Gasteiger partial charge in [-0.3, -0.25) is 0 Å². The Morgan fingerprint density at radius 3 is 0.600 bits per heavy atom. The minimum atomic E-state index is -2.33. The first kappa shape index (κ1) is 36.0. The van der Waals surface area contributed by atoms with Crippen LogP contribution in [0.3, 0.4) is 0 Å². The summed E-state index contributed by atoms with van der Waals surface area (Å²) in [5.41, 5.74) is 0. The van der Waals surface area contributed by atoms with Crippen molar-refractivity contribution < 1.29 is 72.3 Å². The Hall–Kier alpha value is 1.07. The van der Waals surface area contributed by atoms with Gasteiger partial charge in [-0.25, -0.2) is 0 Å². The summed E-state index contributed by atoms with van der Waals surface area (Å²) in [6.07, 6.45) is -7.00. The van der Waals surface area contributed by atoms with Crippen LogP contribution in [-0.4, -0.2) is 90.4 Å². The standard InChI is InChI=1S/3CH2O3.Ba.Cd.Mg/c3*2-1(3)4;;;/h3*(H2,2,3,4);;;/q;;;3*+2/p-6. The van der Waals surface area contributed by atoms with Gasteiger partial charge in [0.05, 0.1) is 0 Å². The number of rotatable bonds is 0. The van der Waals surface area contributed by atoms with Crippen molar-refractivity contribution in [1.29, 1.82) is 0 Å². The fourth-order valence-corrected chi connectivity index (χ4v) is 0. The summed E-state index contributed by atoms with van der Waals surface area (Å²) in [4.78, 5) is 25.0. The van der Waals surface area contributed by atoms with Gasteiger partial charge in [0, 0.05) is 0 Å². The molecule has 15 heavy (non-hydrogen) atoms. The van der Waals surface area contributed by atoms with E-state index in [0.717, 1.165) is 0 Å². The van der Waals surface area contributed by atoms with Crippen molar-refractivity contribution in [3.05, 3.63) is 0 Å². The van der Waals surface area contributed by atoms with Gasteiger partial charge in [0.15, 0.2) is 0 Å². The van der Waals surface area contributed by atoms with Gasteiger partial charge in [0.1, 0.15) is 0 Å². The first-order valence-corrected chi connectivity index (χ1v) is 1.84. The number of carbonyl (C=O) groups excluding carboxylic acids is 3. The molecule has 0 radical (unpaired) electrons. The molecule has 9 nitrogen and oxygen atoms in total. The van der Waals surface area contributed by atoms with Crippen LogP contribution in [0, 0.1) is 0 Å². The van der Waals surface area contributed by atoms with E-state index in [0.29, 0.717) is 0 Å². The molecule has 0 rings (SSSR count). The third-order valence-corrected chi connectivity index (χ3v) is 0. The van der Waals surface area contributed by atoms with Gasteiger partial charge in [-0.1, -0.05) is 0 Å². The number of carbonyl (C=O) groups is 3. The maximum absolute atomic E-state index is 8.33. The third kappa shape index (κ3) is 2250. The van der Waals surface area contributed by atoms with E-state index in [9.17, 15) is 0 Å². The molecule has 0 aromatic rings. The van der Waals surface area contributed by atoms with Gasteiger partial charge in [0.25, 0.3) is 0 Å². The van der Waals surface area contributed by atoms with Crippen LogP contribution < -0.4 is 30.6 Å². The molecule has 0 saturated carbocycles. The Morgan fingerprint density at radius 1 is 0.600 bits per heavy atom. The predicted octanol–water partition coefficient (Wildman–Crippen LogP) is -8.11. The molecule has 0 aliphatic carbocycles. The van der Waals surface area contributed by atoms with E-state index in [4.69, 9.17) is 45.0 Å². The molecule has 0 heterocycles. The zero-order valence-electron chi connectivity index (χ0n) is 7.30. The Bertz CT molecular complexity index is 123. The average molecular weight is 454 g/mol. The van der Waals surface area contributed by atoms with Crippen LogP contribution in [0.4, 0.5) is 14.4 Å². The van der Waals surface area contributed by atoms with Crippen LogP contribution in [0.15, 0.2) is 0 Å². The van der Waals surface area contributed by atoms with Crippen molar-refractivity contribution in [2.24, 2.45) is 0 Å². The Morgan fingerprint density at radius 2 is 0.600 bits per heavy atom. The fraction of sp³-hybridized carbons (Fsp3) is 0. The first-order chi connectivity index (χ1) is 5.20. The molecule has 0 saturated heterocycles. The summed E-state index contributed by atoms with van der Waals surface area (Å²) in [6, 6.07) is 0. The fourth-order valence-electron chi connectivity index (χ4n) is 0. The normalized spacial score (nSPS) is 4.80. The second kappa shape index (κ2) is 29.4. The van der Waals surface area contributed by atoms with Gasteiger partial charge >= 0.3 is 99.2 Å². The predicted molar refractivity (Wildman–Crippen MR) is 27.7 cm³/mol. The molecule has 0 N–H and O–H groups in total. The summed E-state index contributed by atoms with van der Waals surface area (Å²) in [5, 5.41) is 50.0. The molecule has 0 amide bonds. The molecule has 0 aromatic heterocycles. The smallest absolute Gasteiger partial charge is 0.652 e. The monoisotopic (exact) mass is 456 g/mol. The topological polar surface area (TPSA) is 190 Å². The minimum Gasteiger partial charge on any atom is -0.652 e. The zero-order chi connectivity index (χ0) is 10.7. The molecule has 0 bridgehead atoms. The van der Waals surface area contributed by atoms with Crippen LogP contribution in [-0.2, 0) is 27.3 Å². The van der Waals surface area contributed by atoms with Crippen molar-refractivity contribution in [1.82, 2.24) is 0 Å². The van der Waals surface area contributed by atoms with E-state index in [-0.39, 0.29) is 99.2 Å². The van der Waals surface area contributed by atoms with Crippen molar-refractivity contribution in [3.63, 3.8) is 0 Å². The Labute approximate surface area is 160 Å². The van der Waals surface area contributed by atoms with E-state index in [2.05, 4.69) is 0 Å². The molecule has 72 valence electrons. The molecule has 0 aliphatic rings. The molecule has 0 atom stereocenters. The summed E-state index contributed by atoms with van der Waals surface area (Å²) in [7, 11) is 0. The Balaban J connectivity index is -0.0000000184. The van der Waals surface area contributed by atoms with Crippen molar-refractivity contribution in [2.75, 3.05) is 0 Å². The maximum atomic E-state index is 8.33. The quantitative estimate of drug-likeness (QED) is 0.320. The maximum Gasteiger partial charge on any atom is 2.00 e. The summed E-state index contributed by atoms with van der Waals surface area (Å²) in [6.45, 7) is 0. The van der Waals surface area contributed by atoms with E-state index in [1.54, 1.807) is 0 Å². The van der Waals surface area contributed by atoms with Gasteiger partial charge in [-0.05, 0) is 18.5 Å². The molecule has 0 spiro atoms. The second-order valence-corrected chi connectivity index (χ2v) is 0.750. The van der Waals surface area contributed by atoms with Gasteiger partial charge < -0.3 is 45.0 Å². The zero-order valence-corrected chi connectivity index (χ0v) is 17.2. The van der Waals surface area contributed by atoms with E-state index in [1.165, 1.54) is 0 Å². The molecular weight excluding hydrogens is 454 g/mol. The molecule has 0 aliphatic heterocycles. The van der Waals surface area contributed by atoms with Gasteiger partial charge in [-0.15, -0.1) is 0 Å². The van der Waals surface area contributed by atoms with Gasteiger partial charge in [0.2, 0.25) is 0 Å². The van der Waals surface area contributed by atoms with Crippen LogP contribution in [0.1, 0.15) is 0 Å². The van der Waals surface area contributed by atoms with Crippen LogP contribution >= 0.6 is 0 Å². The first-order valence-electron chi connectivity index (χ1n) is 1.84. The number of carboxylic acid groups (broad SMARTS) is 6. The van der Waals surface area contributed by atoms with Crippen molar-refractivity contribution in [3.8, 4) is 0 Å². The largest absolute Gasteiger partial charge is 2.00 e. The van der Waals surface area contributed by atoms with Crippen LogP contribution in [0.2, 0.25) is 0 Å². The molecule has 12 heteroatoms. The summed E-state index contributed by atoms with van der Waals surface area (Å²) < 4.78 is 0. The second-order valence-electron chi connectivity index (χ2n) is 0.750. The molecule has 0 aromatic carbocycles. The van der Waals surface area contributed by atoms with Crippen molar-refractivity contribution >= 4 is 90.4 Å². The van der Waals surface area contributed by atoms with E-state index >= 15 is 0 Å². The minimum absolute atomic E-state index is 0. The average Bonchev–Trinajstić information content (AvgIpc) is 1.54. The number of hydrogen-bond acceptors (Lipinski definition) is 9. The molecule has 0 fully saturated rings.